The number of carbonyl (C=O) groups excluding carboxylic acids is 1. The van der Waals surface area contributed by atoms with Gasteiger partial charge in [0.25, 0.3) is 5.91 Å². The van der Waals surface area contributed by atoms with Crippen LogP contribution in [0.3, 0.4) is 0 Å². The highest BCUT2D eigenvalue weighted by atomic mass is 32.2. The number of fused-ring (bicyclic) bond motifs is 2. The van der Waals surface area contributed by atoms with Crippen molar-refractivity contribution >= 4 is 32.5 Å². The van der Waals surface area contributed by atoms with Gasteiger partial charge in [0.05, 0.1) is 10.9 Å². The molecular formula is C21H17N5O3S. The first-order valence-corrected chi connectivity index (χ1v) is 11.1. The number of benzene rings is 2. The molecule has 0 saturated heterocycles. The lowest BCUT2D eigenvalue weighted by Crippen LogP contribution is -2.15. The number of nitrogens with two attached hydrogens (primary N) is 1. The fourth-order valence-electron chi connectivity index (χ4n) is 3.93. The molecule has 30 heavy (non-hydrogen) atoms. The molecule has 5 rings (SSSR count). The van der Waals surface area contributed by atoms with Gasteiger partial charge in [-0.25, -0.2) is 8.42 Å². The fraction of sp³-hybridized carbons (Fsp3) is 0.0952. The van der Waals surface area contributed by atoms with Gasteiger partial charge in [-0.15, -0.1) is 10.2 Å². The molecule has 0 fully saturated rings. The molecule has 0 radical (unpaired) electrons. The standard InChI is InChI=1S/C21H17N5O3S/c1-30(28,29)12-8-6-11(7-9-12)18-14-10-23-21-17(14)16(19(20(22)27)25-26-21)13-4-2-3-5-15(13)24-18/h2-10,18,24H,1H3,(H2,22,27)(H,23,26). The van der Waals surface area contributed by atoms with E-state index >= 15 is 0 Å². The number of hydrogen-bond donors (Lipinski definition) is 3. The van der Waals surface area contributed by atoms with E-state index < -0.39 is 15.7 Å². The third kappa shape index (κ3) is 2.74. The minimum absolute atomic E-state index is 0.102. The number of carbonyl (C=O) groups is 1. The smallest absolute Gasteiger partial charge is 0.269 e. The maximum absolute atomic E-state index is 12.1. The van der Waals surface area contributed by atoms with Crippen molar-refractivity contribution in [1.82, 2.24) is 15.2 Å². The minimum atomic E-state index is -3.30. The molecule has 1 amide bonds. The lowest BCUT2D eigenvalue weighted by Gasteiger charge is -2.19. The van der Waals surface area contributed by atoms with Gasteiger partial charge >= 0.3 is 0 Å². The molecule has 3 heterocycles. The summed E-state index contributed by atoms with van der Waals surface area (Å²) in [5.41, 5.74) is 10.2. The van der Waals surface area contributed by atoms with Crippen LogP contribution >= 0.6 is 0 Å². The van der Waals surface area contributed by atoms with Crippen molar-refractivity contribution in [1.29, 1.82) is 0 Å². The van der Waals surface area contributed by atoms with Crippen molar-refractivity contribution < 1.29 is 13.2 Å². The molecule has 2 aromatic carbocycles. The van der Waals surface area contributed by atoms with E-state index in [1.54, 1.807) is 24.3 Å². The molecule has 4 aromatic rings. The van der Waals surface area contributed by atoms with Crippen LogP contribution in [0, 0.1) is 0 Å². The Morgan fingerprint density at radius 1 is 1.07 bits per heavy atom. The summed E-state index contributed by atoms with van der Waals surface area (Å²) in [5.74, 6) is -0.655. The van der Waals surface area contributed by atoms with Crippen LogP contribution in [0.5, 0.6) is 0 Å². The highest BCUT2D eigenvalue weighted by molar-refractivity contribution is 7.90. The van der Waals surface area contributed by atoms with E-state index in [9.17, 15) is 13.2 Å². The first-order chi connectivity index (χ1) is 14.3. The Balaban J connectivity index is 1.80. The number of primary amides is 1. The summed E-state index contributed by atoms with van der Waals surface area (Å²) in [6.45, 7) is 0. The first-order valence-electron chi connectivity index (χ1n) is 9.18. The molecule has 0 aliphatic carbocycles. The normalized spacial score (nSPS) is 15.3. The topological polar surface area (TPSA) is 131 Å². The van der Waals surface area contributed by atoms with Crippen LogP contribution in [0.2, 0.25) is 0 Å². The first kappa shape index (κ1) is 18.3. The van der Waals surface area contributed by atoms with Gasteiger partial charge in [-0.05, 0) is 23.8 Å². The van der Waals surface area contributed by atoms with Gasteiger partial charge in [0.1, 0.15) is 0 Å². The molecule has 9 heteroatoms. The molecule has 4 N–H and O–H groups in total. The maximum atomic E-state index is 12.1. The Kier molecular flexibility index (Phi) is 3.90. The van der Waals surface area contributed by atoms with Crippen molar-refractivity contribution in [2.45, 2.75) is 10.9 Å². The number of nitrogens with zero attached hydrogens (tertiary/aromatic N) is 2. The van der Waals surface area contributed by atoms with Crippen LogP contribution in [-0.4, -0.2) is 35.8 Å². The van der Waals surface area contributed by atoms with Crippen LogP contribution in [0.1, 0.15) is 27.7 Å². The number of para-hydroxylation sites is 1. The van der Waals surface area contributed by atoms with E-state index in [0.29, 0.717) is 11.2 Å². The van der Waals surface area contributed by atoms with Gasteiger partial charge < -0.3 is 16.0 Å². The summed E-state index contributed by atoms with van der Waals surface area (Å²) >= 11 is 0. The van der Waals surface area contributed by atoms with Gasteiger partial charge in [0.2, 0.25) is 0 Å². The van der Waals surface area contributed by atoms with Crippen molar-refractivity contribution in [2.75, 3.05) is 11.6 Å². The second-order valence-corrected chi connectivity index (χ2v) is 9.24. The molecule has 0 spiro atoms. The zero-order valence-electron chi connectivity index (χ0n) is 15.9. The number of sulfone groups is 1. The zero-order valence-corrected chi connectivity index (χ0v) is 16.7. The number of nitrogens with one attached hydrogen (secondary N) is 2. The number of amides is 1. The SMILES string of the molecule is CS(=O)(=O)c1ccc(C2Nc3ccccc3-c3c(C(N)=O)nnc4[nH]cc2c34)cc1. The van der Waals surface area contributed by atoms with Crippen molar-refractivity contribution in [2.24, 2.45) is 5.73 Å². The van der Waals surface area contributed by atoms with Gasteiger partial charge in [-0.3, -0.25) is 4.79 Å². The second-order valence-electron chi connectivity index (χ2n) is 7.22. The highest BCUT2D eigenvalue weighted by Gasteiger charge is 2.29. The predicted molar refractivity (Wildman–Crippen MR) is 113 cm³/mol. The second kappa shape index (κ2) is 6.39. The quantitative estimate of drug-likeness (QED) is 0.468. The van der Waals surface area contributed by atoms with Crippen LogP contribution < -0.4 is 11.1 Å². The van der Waals surface area contributed by atoms with Crippen molar-refractivity contribution in [3.63, 3.8) is 0 Å². The minimum Gasteiger partial charge on any atom is -0.374 e. The summed E-state index contributed by atoms with van der Waals surface area (Å²) in [7, 11) is -3.30. The maximum Gasteiger partial charge on any atom is 0.269 e. The lowest BCUT2D eigenvalue weighted by atomic mass is 9.96. The summed E-state index contributed by atoms with van der Waals surface area (Å²) in [6.07, 6.45) is 3.00. The van der Waals surface area contributed by atoms with E-state index in [-0.39, 0.29) is 16.6 Å². The summed E-state index contributed by atoms with van der Waals surface area (Å²) in [6, 6.07) is 14.0. The number of H-pyrrole nitrogens is 1. The molecule has 0 bridgehead atoms. The zero-order chi connectivity index (χ0) is 21.0. The lowest BCUT2D eigenvalue weighted by molar-refractivity contribution is 0.0995. The summed E-state index contributed by atoms with van der Waals surface area (Å²) in [5, 5.41) is 12.5. The molecule has 1 aliphatic heterocycles. The molecule has 150 valence electrons. The fourth-order valence-corrected chi connectivity index (χ4v) is 4.56. The van der Waals surface area contributed by atoms with Crippen LogP contribution in [0.15, 0.2) is 59.6 Å². The predicted octanol–water partition coefficient (Wildman–Crippen LogP) is 2.64. The Bertz CT molecular complexity index is 1430. The third-order valence-corrected chi connectivity index (χ3v) is 6.44. The molecule has 1 atom stereocenters. The largest absolute Gasteiger partial charge is 0.374 e. The number of hydrogen-bond acceptors (Lipinski definition) is 6. The van der Waals surface area contributed by atoms with E-state index in [2.05, 4.69) is 20.5 Å². The Labute approximate surface area is 172 Å². The molecule has 1 unspecified atom stereocenters. The van der Waals surface area contributed by atoms with Crippen LogP contribution in [-0.2, 0) is 9.84 Å². The molecule has 2 aromatic heterocycles. The van der Waals surface area contributed by atoms with Crippen molar-refractivity contribution in [3.8, 4) is 11.1 Å². The Hall–Kier alpha value is -3.72. The molecule has 1 aliphatic rings. The molecular weight excluding hydrogens is 402 g/mol. The van der Waals surface area contributed by atoms with Crippen molar-refractivity contribution in [3.05, 3.63) is 71.5 Å². The number of rotatable bonds is 3. The summed E-state index contributed by atoms with van der Waals surface area (Å²) in [4.78, 5) is 15.5. The van der Waals surface area contributed by atoms with Gasteiger partial charge in [0.15, 0.2) is 21.2 Å². The molecule has 8 nitrogen and oxygen atoms in total. The highest BCUT2D eigenvalue weighted by Crippen LogP contribution is 2.44. The third-order valence-electron chi connectivity index (χ3n) is 5.31. The van der Waals surface area contributed by atoms with Gasteiger partial charge in [-0.2, -0.15) is 0 Å². The Morgan fingerprint density at radius 2 is 1.80 bits per heavy atom. The number of anilines is 1. The van der Waals surface area contributed by atoms with Gasteiger partial charge in [-0.1, -0.05) is 30.3 Å². The Morgan fingerprint density at radius 3 is 2.50 bits per heavy atom. The average Bonchev–Trinajstić information content (AvgIpc) is 3.08. The number of aromatic amines is 1. The van der Waals surface area contributed by atoms with Gasteiger partial charge in [0, 0.05) is 40.2 Å². The molecule has 0 saturated carbocycles. The van der Waals surface area contributed by atoms with E-state index in [1.165, 1.54) is 6.26 Å². The van der Waals surface area contributed by atoms with Crippen LogP contribution in [0.25, 0.3) is 22.2 Å². The number of aromatic nitrogens is 3. The van der Waals surface area contributed by atoms with E-state index in [1.807, 2.05) is 30.5 Å². The summed E-state index contributed by atoms with van der Waals surface area (Å²) < 4.78 is 23.7. The van der Waals surface area contributed by atoms with E-state index in [4.69, 9.17) is 5.73 Å². The monoisotopic (exact) mass is 419 g/mol. The average molecular weight is 419 g/mol. The van der Waals surface area contributed by atoms with Crippen LogP contribution in [0.4, 0.5) is 5.69 Å². The van der Waals surface area contributed by atoms with E-state index in [0.717, 1.165) is 27.8 Å².